The van der Waals surface area contributed by atoms with Crippen LogP contribution >= 0.6 is 11.3 Å². The van der Waals surface area contributed by atoms with Crippen LogP contribution < -0.4 is 10.6 Å². The Morgan fingerprint density at radius 2 is 2.00 bits per heavy atom. The summed E-state index contributed by atoms with van der Waals surface area (Å²) in [7, 11) is -3.64. The van der Waals surface area contributed by atoms with E-state index in [4.69, 9.17) is 5.11 Å². The van der Waals surface area contributed by atoms with Crippen molar-refractivity contribution < 1.29 is 22.7 Å². The summed E-state index contributed by atoms with van der Waals surface area (Å²) in [6.07, 6.45) is 15.0. The second-order valence-corrected chi connectivity index (χ2v) is 12.9. The molecule has 13 heteroatoms. The monoisotopic (exact) mass is 562 g/mol. The van der Waals surface area contributed by atoms with Gasteiger partial charge in [0.15, 0.2) is 0 Å². The smallest absolute Gasteiger partial charge is 0.404 e. The van der Waals surface area contributed by atoms with Crippen LogP contribution in [0.15, 0.2) is 46.9 Å². The third kappa shape index (κ3) is 6.15. The van der Waals surface area contributed by atoms with E-state index in [1.165, 1.54) is 4.68 Å². The molecule has 3 aliphatic carbocycles. The van der Waals surface area contributed by atoms with E-state index in [0.29, 0.717) is 29.9 Å². The largest absolute Gasteiger partial charge is 0.465 e. The summed E-state index contributed by atoms with van der Waals surface area (Å²) in [5, 5.41) is 19.4. The lowest BCUT2D eigenvalue weighted by molar-refractivity contribution is 0.185. The fourth-order valence-corrected chi connectivity index (χ4v) is 7.70. The highest BCUT2D eigenvalue weighted by molar-refractivity contribution is 7.91. The van der Waals surface area contributed by atoms with Crippen LogP contribution in [0.3, 0.4) is 0 Å². The molecule has 0 bridgehead atoms. The Hall–Kier alpha value is -3.06. The number of hydrogen-bond donors (Lipinski definition) is 3. The Morgan fingerprint density at radius 3 is 2.68 bits per heavy atom. The van der Waals surface area contributed by atoms with Crippen LogP contribution in [-0.2, 0) is 16.6 Å². The number of carboxylic acid groups (broad SMARTS) is 1. The molecule has 10 nitrogen and oxygen atoms in total. The van der Waals surface area contributed by atoms with Crippen molar-refractivity contribution in [1.82, 2.24) is 20.1 Å². The highest BCUT2D eigenvalue weighted by Gasteiger charge is 2.33. The fraction of sp³-hybridized carbons (Fsp3) is 0.520. The van der Waals surface area contributed by atoms with E-state index in [2.05, 4.69) is 25.1 Å². The van der Waals surface area contributed by atoms with E-state index in [-0.39, 0.29) is 24.4 Å². The zero-order valence-corrected chi connectivity index (χ0v) is 22.4. The lowest BCUT2D eigenvalue weighted by Crippen LogP contribution is -2.36. The summed E-state index contributed by atoms with van der Waals surface area (Å²) < 4.78 is 44.4. The van der Waals surface area contributed by atoms with Crippen molar-refractivity contribution >= 4 is 38.9 Å². The number of alkyl halides is 1. The van der Waals surface area contributed by atoms with Crippen molar-refractivity contribution in [2.75, 3.05) is 12.0 Å². The van der Waals surface area contributed by atoms with Crippen molar-refractivity contribution in [2.24, 2.45) is 4.40 Å². The summed E-state index contributed by atoms with van der Waals surface area (Å²) >= 11 is 1.56. The van der Waals surface area contributed by atoms with E-state index >= 15 is 0 Å². The average molecular weight is 563 g/mol. The van der Waals surface area contributed by atoms with Crippen LogP contribution in [0.4, 0.5) is 14.9 Å². The van der Waals surface area contributed by atoms with Gasteiger partial charge in [-0.1, -0.05) is 12.5 Å². The molecule has 2 aromatic heterocycles. The van der Waals surface area contributed by atoms with Crippen molar-refractivity contribution in [3.8, 4) is 0 Å². The number of nitrogens with zero attached hydrogens (tertiary/aromatic N) is 4. The highest BCUT2D eigenvalue weighted by Crippen LogP contribution is 2.38. The Labute approximate surface area is 224 Å². The zero-order chi connectivity index (χ0) is 26.7. The maximum atomic E-state index is 13.0. The lowest BCUT2D eigenvalue weighted by Gasteiger charge is -2.27. The van der Waals surface area contributed by atoms with Gasteiger partial charge in [0.1, 0.15) is 6.67 Å². The van der Waals surface area contributed by atoms with Crippen molar-refractivity contribution in [1.29, 1.82) is 0 Å². The fourth-order valence-electron chi connectivity index (χ4n) is 4.98. The molecule has 0 spiro atoms. The first-order valence-corrected chi connectivity index (χ1v) is 15.2. The Kier molecular flexibility index (Phi) is 7.93. The molecule has 3 aliphatic rings. The molecule has 38 heavy (non-hydrogen) atoms. The number of nitrogens with one attached hydrogen (secondary N) is 2. The summed E-state index contributed by atoms with van der Waals surface area (Å²) in [4.78, 5) is 16.5. The predicted molar refractivity (Wildman–Crippen MR) is 144 cm³/mol. The molecule has 5 rings (SSSR count). The van der Waals surface area contributed by atoms with Gasteiger partial charge in [-0.15, -0.1) is 11.3 Å². The van der Waals surface area contributed by atoms with Gasteiger partial charge in [0.2, 0.25) is 0 Å². The molecule has 2 heterocycles. The molecule has 1 amide bonds. The number of carbonyl (C=O) groups is 1. The first-order chi connectivity index (χ1) is 18.3. The van der Waals surface area contributed by atoms with Gasteiger partial charge in [0, 0.05) is 34.9 Å². The number of halogens is 1. The van der Waals surface area contributed by atoms with Crippen molar-refractivity contribution in [3.05, 3.63) is 52.4 Å². The molecule has 1 unspecified atom stereocenters. The number of anilines is 1. The molecular weight excluding hydrogens is 531 g/mol. The topological polar surface area (TPSA) is 139 Å². The standard InChI is InChI=1S/C25H31FN6O4S2/c26-10-11-32-15-19(13-28-32)29-18-8-9-21(22(12-18)31-38(35,36)20-2-1-3-20)23-14-27-24(37-23)16-4-6-17(7-5-16)30-25(33)34/h8-9,12-17,20-21,29-30H,1-7,10-11H2,(H,33,34). The van der Waals surface area contributed by atoms with Gasteiger partial charge in [-0.3, -0.25) is 4.68 Å². The van der Waals surface area contributed by atoms with E-state index in [1.807, 2.05) is 12.2 Å². The Morgan fingerprint density at radius 1 is 1.21 bits per heavy atom. The van der Waals surface area contributed by atoms with E-state index < -0.39 is 28.0 Å². The van der Waals surface area contributed by atoms with E-state index in [0.717, 1.165) is 42.0 Å². The van der Waals surface area contributed by atoms with Gasteiger partial charge in [-0.2, -0.15) is 9.50 Å². The SMILES string of the molecule is O=C(O)NC1CCC(c2ncc(C3C=CC(Nc4cnn(CCF)c4)=CC3=NS(=O)(=O)C3CCC3)s2)CC1. The number of aryl methyl sites for hydroxylation is 1. The Balaban J connectivity index is 1.35. The molecule has 0 aromatic carbocycles. The summed E-state index contributed by atoms with van der Waals surface area (Å²) in [5.41, 5.74) is 1.77. The second-order valence-electron chi connectivity index (χ2n) is 9.93. The molecule has 204 valence electrons. The lowest BCUT2D eigenvalue weighted by atomic mass is 9.86. The van der Waals surface area contributed by atoms with E-state index in [9.17, 15) is 17.6 Å². The minimum Gasteiger partial charge on any atom is -0.465 e. The number of thiazole rings is 1. The third-order valence-corrected chi connectivity index (χ3v) is 10.3. The highest BCUT2D eigenvalue weighted by atomic mass is 32.2. The number of amides is 1. The Bertz CT molecular complexity index is 1350. The molecule has 3 N–H and O–H groups in total. The maximum Gasteiger partial charge on any atom is 0.404 e. The summed E-state index contributed by atoms with van der Waals surface area (Å²) in [6.45, 7) is -0.352. The molecule has 2 saturated carbocycles. The number of rotatable bonds is 9. The maximum absolute atomic E-state index is 13.0. The minimum absolute atomic E-state index is 0.0277. The van der Waals surface area contributed by atoms with Gasteiger partial charge >= 0.3 is 6.09 Å². The molecule has 2 aromatic rings. The van der Waals surface area contributed by atoms with Gasteiger partial charge in [0.25, 0.3) is 10.0 Å². The van der Waals surface area contributed by atoms with Gasteiger partial charge in [-0.05, 0) is 50.7 Å². The molecular formula is C25H31FN6O4S2. The number of aromatic nitrogens is 3. The molecule has 2 fully saturated rings. The van der Waals surface area contributed by atoms with E-state index in [1.54, 1.807) is 36.0 Å². The van der Waals surface area contributed by atoms with Crippen LogP contribution in [0.1, 0.15) is 66.7 Å². The molecule has 0 saturated heterocycles. The van der Waals surface area contributed by atoms with Crippen LogP contribution in [0.2, 0.25) is 0 Å². The molecule has 0 aliphatic heterocycles. The van der Waals surface area contributed by atoms with Gasteiger partial charge in [0.05, 0.1) is 40.3 Å². The average Bonchev–Trinajstić information content (AvgIpc) is 3.48. The summed E-state index contributed by atoms with van der Waals surface area (Å²) in [5.74, 6) is -0.0955. The molecule has 0 radical (unpaired) electrons. The second kappa shape index (κ2) is 11.4. The predicted octanol–water partition coefficient (Wildman–Crippen LogP) is 4.58. The van der Waals surface area contributed by atoms with Crippen molar-refractivity contribution in [3.63, 3.8) is 0 Å². The number of allylic oxidation sites excluding steroid dienone is 3. The molecule has 1 atom stereocenters. The first kappa shape index (κ1) is 26.5. The van der Waals surface area contributed by atoms with Gasteiger partial charge < -0.3 is 15.7 Å². The van der Waals surface area contributed by atoms with Crippen LogP contribution in [-0.4, -0.2) is 58.1 Å². The summed E-state index contributed by atoms with van der Waals surface area (Å²) in [6, 6.07) is -0.0277. The number of hydrogen-bond acceptors (Lipinski definition) is 7. The van der Waals surface area contributed by atoms with Crippen LogP contribution in [0, 0.1) is 0 Å². The quantitative estimate of drug-likeness (QED) is 0.407. The van der Waals surface area contributed by atoms with Crippen LogP contribution in [0.25, 0.3) is 0 Å². The van der Waals surface area contributed by atoms with Crippen molar-refractivity contribution in [2.45, 2.75) is 74.6 Å². The third-order valence-electron chi connectivity index (χ3n) is 7.28. The van der Waals surface area contributed by atoms with Crippen LogP contribution in [0.5, 0.6) is 0 Å². The van der Waals surface area contributed by atoms with Gasteiger partial charge in [-0.25, -0.2) is 22.6 Å². The number of sulfonamides is 1. The first-order valence-electron chi connectivity index (χ1n) is 12.8. The zero-order valence-electron chi connectivity index (χ0n) is 20.8. The normalized spacial score (nSPS) is 25.1. The minimum atomic E-state index is -3.64.